The van der Waals surface area contributed by atoms with E-state index < -0.39 is 5.92 Å². The van der Waals surface area contributed by atoms with E-state index in [2.05, 4.69) is 15.0 Å². The van der Waals surface area contributed by atoms with E-state index in [1.54, 1.807) is 49.6 Å². The van der Waals surface area contributed by atoms with Gasteiger partial charge in [-0.15, -0.1) is 0 Å². The van der Waals surface area contributed by atoms with Crippen molar-refractivity contribution in [1.82, 2.24) is 15.0 Å². The van der Waals surface area contributed by atoms with Crippen LogP contribution in [-0.2, 0) is 9.59 Å². The normalized spacial score (nSPS) is 12.0. The van der Waals surface area contributed by atoms with Gasteiger partial charge >= 0.3 is 0 Å². The Labute approximate surface area is 239 Å². The van der Waals surface area contributed by atoms with E-state index in [1.165, 1.54) is 19.3 Å². The first-order valence-corrected chi connectivity index (χ1v) is 13.1. The van der Waals surface area contributed by atoms with Gasteiger partial charge in [-0.2, -0.15) is 0 Å². The van der Waals surface area contributed by atoms with Crippen molar-refractivity contribution >= 4 is 47.3 Å². The van der Waals surface area contributed by atoms with Crippen LogP contribution in [0, 0.1) is 5.92 Å². The van der Waals surface area contributed by atoms with Crippen molar-refractivity contribution in [2.75, 3.05) is 54.1 Å². The summed E-state index contributed by atoms with van der Waals surface area (Å²) in [5.41, 5.74) is 1.44. The highest BCUT2D eigenvalue weighted by Gasteiger charge is 2.22. The summed E-state index contributed by atoms with van der Waals surface area (Å²) in [6.45, 7) is 2.30. The molecule has 0 spiro atoms. The van der Waals surface area contributed by atoms with Crippen LogP contribution < -0.4 is 33.9 Å². The minimum Gasteiger partial charge on any atom is -0.493 e. The van der Waals surface area contributed by atoms with Crippen LogP contribution in [0.25, 0.3) is 12.2 Å². The molecular formula is C28H35Cl2N3O6. The summed E-state index contributed by atoms with van der Waals surface area (Å²) in [5.74, 6) is 0.635. The van der Waals surface area contributed by atoms with Crippen LogP contribution in [0.5, 0.6) is 23.0 Å². The maximum atomic E-state index is 13.0. The molecule has 0 aliphatic rings. The number of allylic oxidation sites excluding steroid dienone is 2. The highest BCUT2D eigenvalue weighted by molar-refractivity contribution is 6.14. The van der Waals surface area contributed by atoms with Gasteiger partial charge in [-0.1, -0.05) is 24.3 Å². The number of carbonyl (C=O) groups excluding carboxylic acids is 2. The smallest absolute Gasteiger partial charge is 0.166 e. The number of benzene rings is 2. The number of carbonyl (C=O) groups is 2. The molecule has 0 saturated carbocycles. The van der Waals surface area contributed by atoms with Crippen LogP contribution in [-0.4, -0.2) is 65.7 Å². The molecule has 0 aliphatic heterocycles. The largest absolute Gasteiger partial charge is 0.493 e. The average molecular weight is 581 g/mol. The Kier molecular flexibility index (Phi) is 15.0. The lowest BCUT2D eigenvalue weighted by molar-refractivity contribution is -0.127. The molecule has 0 amide bonds. The Bertz CT molecular complexity index is 1040. The van der Waals surface area contributed by atoms with Crippen molar-refractivity contribution in [3.05, 3.63) is 59.7 Å². The highest BCUT2D eigenvalue weighted by Crippen LogP contribution is 2.29. The van der Waals surface area contributed by atoms with Crippen molar-refractivity contribution in [3.63, 3.8) is 0 Å². The molecule has 0 heterocycles. The Balaban J connectivity index is 2.13. The molecular weight excluding hydrogens is 545 g/mol. The lowest BCUT2D eigenvalue weighted by atomic mass is 9.93. The number of nitrogens with one attached hydrogen (secondary N) is 3. The number of halogens is 2. The predicted molar refractivity (Wildman–Crippen MR) is 155 cm³/mol. The number of rotatable bonds is 19. The predicted octanol–water partition coefficient (Wildman–Crippen LogP) is 4.04. The molecule has 0 saturated heterocycles. The third-order valence-corrected chi connectivity index (χ3v) is 5.91. The third-order valence-electron chi connectivity index (χ3n) is 5.53. The van der Waals surface area contributed by atoms with E-state index >= 15 is 0 Å². The molecule has 212 valence electrons. The first kappa shape index (κ1) is 32.1. The summed E-state index contributed by atoms with van der Waals surface area (Å²) < 4.78 is 22.1. The van der Waals surface area contributed by atoms with E-state index in [4.69, 9.17) is 42.5 Å². The molecule has 11 heteroatoms. The molecule has 2 aromatic rings. The number of hydrogen-bond acceptors (Lipinski definition) is 9. The second-order valence-electron chi connectivity index (χ2n) is 8.20. The van der Waals surface area contributed by atoms with Gasteiger partial charge in [0.2, 0.25) is 0 Å². The zero-order chi connectivity index (χ0) is 28.5. The molecule has 2 aromatic carbocycles. The molecule has 0 fully saturated rings. The number of likely N-dealkylation sites (N-methyl/N-ethyl adjacent to an activating group) is 1. The van der Waals surface area contributed by atoms with Gasteiger partial charge in [0, 0.05) is 19.6 Å². The van der Waals surface area contributed by atoms with Crippen molar-refractivity contribution in [2.24, 2.45) is 5.92 Å². The van der Waals surface area contributed by atoms with Gasteiger partial charge in [-0.05, 0) is 84.6 Å². The van der Waals surface area contributed by atoms with Gasteiger partial charge in [0.1, 0.15) is 13.2 Å². The van der Waals surface area contributed by atoms with Gasteiger partial charge in [0.05, 0.1) is 20.1 Å². The fourth-order valence-corrected chi connectivity index (χ4v) is 3.68. The highest BCUT2D eigenvalue weighted by atomic mass is 35.5. The fourth-order valence-electron chi connectivity index (χ4n) is 3.49. The van der Waals surface area contributed by atoms with Crippen molar-refractivity contribution in [2.45, 2.75) is 6.42 Å². The van der Waals surface area contributed by atoms with Crippen LogP contribution in [0.3, 0.4) is 0 Å². The maximum absolute atomic E-state index is 13.0. The fraction of sp³-hybridized carbons (Fsp3) is 0.357. The number of methoxy groups -OCH3 is 2. The van der Waals surface area contributed by atoms with Gasteiger partial charge < -0.3 is 24.3 Å². The number of ether oxygens (including phenoxy) is 4. The summed E-state index contributed by atoms with van der Waals surface area (Å²) in [7, 11) is 4.92. The van der Waals surface area contributed by atoms with Crippen molar-refractivity contribution in [1.29, 1.82) is 0 Å². The van der Waals surface area contributed by atoms with E-state index in [1.807, 2.05) is 13.1 Å². The van der Waals surface area contributed by atoms with Crippen LogP contribution in [0.1, 0.15) is 17.5 Å². The van der Waals surface area contributed by atoms with E-state index in [-0.39, 0.29) is 24.5 Å². The first-order valence-electron chi connectivity index (χ1n) is 12.3. The molecule has 0 radical (unpaired) electrons. The number of hydrogen-bond donors (Lipinski definition) is 3. The third kappa shape index (κ3) is 10.9. The van der Waals surface area contributed by atoms with Gasteiger partial charge in [-0.25, -0.2) is 9.67 Å². The van der Waals surface area contributed by atoms with E-state index in [9.17, 15) is 9.59 Å². The first-order chi connectivity index (χ1) is 19.0. The molecule has 39 heavy (non-hydrogen) atoms. The molecule has 0 aromatic heterocycles. The summed E-state index contributed by atoms with van der Waals surface area (Å²) >= 11 is 11.1. The van der Waals surface area contributed by atoms with Crippen molar-refractivity contribution < 1.29 is 28.5 Å². The molecule has 1 unspecified atom stereocenters. The molecule has 3 N–H and O–H groups in total. The quantitative estimate of drug-likeness (QED) is 0.0983. The molecule has 0 bridgehead atoms. The second-order valence-corrected chi connectivity index (χ2v) is 8.74. The Hall–Kier alpha value is -3.08. The summed E-state index contributed by atoms with van der Waals surface area (Å²) in [6.07, 6.45) is 6.29. The minimum absolute atomic E-state index is 0.238. The monoisotopic (exact) mass is 579 g/mol. The standard InChI is InChI=1S/C28H35Cl2N3O6/c1-31-14-16-38-25-10-6-20(18-27(25)36-2)4-8-23(34)22(12-13-32-29)24(35)9-5-21-7-11-26(28(19-21)37-3)39-17-15-33-30/h4-11,18-19,22,31-33H,12-17H2,1-3H3/b8-4+,9-5+. The average Bonchev–Trinajstić information content (AvgIpc) is 2.96. The Morgan fingerprint density at radius 1 is 0.769 bits per heavy atom. The molecule has 1 atom stereocenters. The lowest BCUT2D eigenvalue weighted by Crippen LogP contribution is -2.24. The van der Waals surface area contributed by atoms with Crippen LogP contribution in [0.2, 0.25) is 0 Å². The SMILES string of the molecule is CNCCOc1ccc(/C=C/C(=O)C(CCNCl)C(=O)/C=C/c2ccc(OCCNCl)c(OC)c2)cc1OC. The summed E-state index contributed by atoms with van der Waals surface area (Å²) in [6, 6.07) is 10.6. The number of ketones is 2. The summed E-state index contributed by atoms with van der Waals surface area (Å²) in [5, 5.41) is 3.01. The van der Waals surface area contributed by atoms with Crippen LogP contribution in [0.4, 0.5) is 0 Å². The topological polar surface area (TPSA) is 107 Å². The molecule has 0 aliphatic carbocycles. The van der Waals surface area contributed by atoms with Gasteiger partial charge in [0.15, 0.2) is 34.6 Å². The minimum atomic E-state index is -0.901. The van der Waals surface area contributed by atoms with E-state index in [0.717, 1.165) is 5.56 Å². The van der Waals surface area contributed by atoms with Crippen LogP contribution >= 0.6 is 23.6 Å². The lowest BCUT2D eigenvalue weighted by Gasteiger charge is -2.12. The van der Waals surface area contributed by atoms with Crippen molar-refractivity contribution in [3.8, 4) is 23.0 Å². The maximum Gasteiger partial charge on any atom is 0.166 e. The Morgan fingerprint density at radius 3 is 1.69 bits per heavy atom. The zero-order valence-corrected chi connectivity index (χ0v) is 23.8. The molecule has 2 rings (SSSR count). The van der Waals surface area contributed by atoms with E-state index in [0.29, 0.717) is 54.9 Å². The van der Waals surface area contributed by atoms with Crippen LogP contribution in [0.15, 0.2) is 48.6 Å². The van der Waals surface area contributed by atoms with Gasteiger partial charge in [0.25, 0.3) is 0 Å². The Morgan fingerprint density at radius 2 is 1.26 bits per heavy atom. The second kappa shape index (κ2) is 18.3. The molecule has 9 nitrogen and oxygen atoms in total. The van der Waals surface area contributed by atoms with Gasteiger partial charge in [-0.3, -0.25) is 9.59 Å². The zero-order valence-electron chi connectivity index (χ0n) is 22.3. The summed E-state index contributed by atoms with van der Waals surface area (Å²) in [4.78, 5) is 31.0.